The van der Waals surface area contributed by atoms with E-state index in [0.717, 1.165) is 34.7 Å². The molecule has 1 aliphatic heterocycles. The van der Waals surface area contributed by atoms with Gasteiger partial charge >= 0.3 is 6.18 Å². The van der Waals surface area contributed by atoms with Gasteiger partial charge in [0.25, 0.3) is 11.7 Å². The van der Waals surface area contributed by atoms with Crippen molar-refractivity contribution in [3.63, 3.8) is 0 Å². The van der Waals surface area contributed by atoms with Gasteiger partial charge in [0, 0.05) is 11.3 Å². The van der Waals surface area contributed by atoms with Crippen molar-refractivity contribution < 1.29 is 32.6 Å². The van der Waals surface area contributed by atoms with E-state index in [1.807, 2.05) is 32.9 Å². The minimum atomic E-state index is -4.56. The van der Waals surface area contributed by atoms with Crippen molar-refractivity contribution in [1.29, 1.82) is 0 Å². The number of aliphatic hydroxyl groups excluding tert-OH is 1. The summed E-state index contributed by atoms with van der Waals surface area (Å²) in [6.07, 6.45) is -4.56. The number of alkyl halides is 3. The third-order valence-electron chi connectivity index (χ3n) is 6.69. The van der Waals surface area contributed by atoms with Crippen LogP contribution < -0.4 is 9.64 Å². The number of rotatable bonds is 4. The fraction of sp³-hybridized carbons (Fsp3) is 0.267. The Bertz CT molecular complexity index is 1430. The van der Waals surface area contributed by atoms with Gasteiger partial charge in [0.15, 0.2) is 0 Å². The van der Waals surface area contributed by atoms with Gasteiger partial charge in [-0.1, -0.05) is 45.0 Å². The van der Waals surface area contributed by atoms with Crippen molar-refractivity contribution in [3.8, 4) is 5.75 Å². The molecule has 0 radical (unpaired) electrons. The maximum absolute atomic E-state index is 13.4. The fourth-order valence-electron chi connectivity index (χ4n) is 4.53. The van der Waals surface area contributed by atoms with Crippen molar-refractivity contribution >= 4 is 23.1 Å². The number of hydrogen-bond donors (Lipinski definition) is 1. The van der Waals surface area contributed by atoms with Gasteiger partial charge in [-0.05, 0) is 71.5 Å². The second-order valence-corrected chi connectivity index (χ2v) is 10.3. The van der Waals surface area contributed by atoms with Gasteiger partial charge in [-0.25, -0.2) is 0 Å². The van der Waals surface area contributed by atoms with Crippen molar-refractivity contribution in [3.05, 3.63) is 100 Å². The van der Waals surface area contributed by atoms with Crippen molar-refractivity contribution in [1.82, 2.24) is 0 Å². The molecule has 3 aromatic carbocycles. The molecule has 0 spiro atoms. The molecule has 0 aliphatic carbocycles. The van der Waals surface area contributed by atoms with Crippen LogP contribution in [0.3, 0.4) is 0 Å². The summed E-state index contributed by atoms with van der Waals surface area (Å²) < 4.78 is 44.9. The Hall–Kier alpha value is -4.07. The highest BCUT2D eigenvalue weighted by molar-refractivity contribution is 6.51. The highest BCUT2D eigenvalue weighted by Crippen LogP contribution is 2.44. The number of anilines is 1. The molecule has 0 bridgehead atoms. The topological polar surface area (TPSA) is 66.8 Å². The molecule has 0 saturated carbocycles. The maximum atomic E-state index is 13.4. The number of halogens is 3. The molecule has 1 saturated heterocycles. The van der Waals surface area contributed by atoms with E-state index >= 15 is 0 Å². The van der Waals surface area contributed by atoms with E-state index in [2.05, 4.69) is 0 Å². The molecule has 198 valence electrons. The number of ketones is 1. The average molecular weight is 524 g/mol. The van der Waals surface area contributed by atoms with Crippen LogP contribution in [0.5, 0.6) is 5.75 Å². The average Bonchev–Trinajstić information content (AvgIpc) is 3.13. The number of methoxy groups -OCH3 is 1. The summed E-state index contributed by atoms with van der Waals surface area (Å²) in [5, 5.41) is 11.6. The smallest absolute Gasteiger partial charge is 0.416 e. The number of aryl methyl sites for hydroxylation is 1. The summed E-state index contributed by atoms with van der Waals surface area (Å²) in [6.45, 7) is 7.83. The number of aliphatic hydroxyl groups is 1. The molecule has 1 aliphatic rings. The standard InChI is InChI=1S/C30H28F3NO4/c1-17-9-10-20(29(2,3)4)16-23(17)26(35)24-25(18-7-6-8-22(15-18)38-5)34(28(37)27(24)36)21-13-11-19(12-14-21)30(31,32)33/h6-16,25,35H,1-5H3/b26-24+. The van der Waals surface area contributed by atoms with E-state index in [0.29, 0.717) is 22.4 Å². The Labute approximate surface area is 219 Å². The van der Waals surface area contributed by atoms with Crippen LogP contribution in [0.4, 0.5) is 18.9 Å². The van der Waals surface area contributed by atoms with Crippen LogP contribution >= 0.6 is 0 Å². The molecule has 38 heavy (non-hydrogen) atoms. The van der Waals surface area contributed by atoms with Crippen LogP contribution in [0.1, 0.15) is 54.6 Å². The minimum absolute atomic E-state index is 0.0899. The fourth-order valence-corrected chi connectivity index (χ4v) is 4.53. The quantitative estimate of drug-likeness (QED) is 0.228. The van der Waals surface area contributed by atoms with Crippen molar-refractivity contribution in [2.45, 2.75) is 45.3 Å². The van der Waals surface area contributed by atoms with Crippen molar-refractivity contribution in [2.24, 2.45) is 0 Å². The summed E-state index contributed by atoms with van der Waals surface area (Å²) in [5.74, 6) is -1.79. The number of amides is 1. The number of Topliss-reactive ketones (excluding diaryl/α,β-unsaturated/α-hetero) is 1. The lowest BCUT2D eigenvalue weighted by atomic mass is 9.84. The summed E-state index contributed by atoms with van der Waals surface area (Å²) in [6, 6.07) is 15.1. The molecule has 1 fully saturated rings. The largest absolute Gasteiger partial charge is 0.507 e. The van der Waals surface area contributed by atoms with Gasteiger partial charge in [0.05, 0.1) is 24.3 Å². The SMILES string of the molecule is COc1cccc(C2/C(=C(\O)c3cc(C(C)(C)C)ccc3C)C(=O)C(=O)N2c2ccc(C(F)(F)F)cc2)c1. The lowest BCUT2D eigenvalue weighted by Crippen LogP contribution is -2.29. The summed E-state index contributed by atoms with van der Waals surface area (Å²) in [5.41, 5.74) is 1.27. The molecule has 0 aromatic heterocycles. The highest BCUT2D eigenvalue weighted by Gasteiger charge is 2.47. The minimum Gasteiger partial charge on any atom is -0.507 e. The zero-order valence-corrected chi connectivity index (χ0v) is 21.7. The Morgan fingerprint density at radius 2 is 1.55 bits per heavy atom. The van der Waals surface area contributed by atoms with E-state index in [9.17, 15) is 27.9 Å². The van der Waals surface area contributed by atoms with Gasteiger partial charge < -0.3 is 9.84 Å². The molecular formula is C30H28F3NO4. The molecule has 1 heterocycles. The van der Waals surface area contributed by atoms with Gasteiger partial charge in [0.2, 0.25) is 0 Å². The Balaban J connectivity index is 1.96. The molecule has 1 N–H and O–H groups in total. The van der Waals surface area contributed by atoms with Crippen LogP contribution in [0.2, 0.25) is 0 Å². The third kappa shape index (κ3) is 4.90. The first-order chi connectivity index (χ1) is 17.7. The second-order valence-electron chi connectivity index (χ2n) is 10.3. The first kappa shape index (κ1) is 27.0. The van der Waals surface area contributed by atoms with Gasteiger partial charge in [0.1, 0.15) is 11.5 Å². The lowest BCUT2D eigenvalue weighted by Gasteiger charge is -2.26. The van der Waals surface area contributed by atoms with Crippen LogP contribution in [0.25, 0.3) is 5.76 Å². The van der Waals surface area contributed by atoms with E-state index in [-0.39, 0.29) is 22.4 Å². The number of ether oxygens (including phenoxy) is 1. The highest BCUT2D eigenvalue weighted by atomic mass is 19.4. The molecule has 1 unspecified atom stereocenters. The molecule has 1 amide bonds. The van der Waals surface area contributed by atoms with Crippen LogP contribution in [0, 0.1) is 6.92 Å². The monoisotopic (exact) mass is 523 g/mol. The summed E-state index contributed by atoms with van der Waals surface area (Å²) >= 11 is 0. The molecular weight excluding hydrogens is 495 g/mol. The van der Waals surface area contributed by atoms with E-state index in [1.165, 1.54) is 7.11 Å². The van der Waals surface area contributed by atoms with Gasteiger partial charge in [-0.2, -0.15) is 13.2 Å². The lowest BCUT2D eigenvalue weighted by molar-refractivity contribution is -0.137. The number of nitrogens with zero attached hydrogens (tertiary/aromatic N) is 1. The Kier molecular flexibility index (Phi) is 6.86. The zero-order chi connectivity index (χ0) is 28.0. The van der Waals surface area contributed by atoms with Crippen molar-refractivity contribution in [2.75, 3.05) is 12.0 Å². The molecule has 1 atom stereocenters. The van der Waals surface area contributed by atoms with Crippen LogP contribution in [-0.4, -0.2) is 23.9 Å². The first-order valence-corrected chi connectivity index (χ1v) is 12.0. The number of benzene rings is 3. The normalized spacial score (nSPS) is 17.7. The molecule has 8 heteroatoms. The second kappa shape index (κ2) is 9.67. The maximum Gasteiger partial charge on any atom is 0.416 e. The van der Waals surface area contributed by atoms with Crippen LogP contribution in [0.15, 0.2) is 72.3 Å². The summed E-state index contributed by atoms with van der Waals surface area (Å²) in [7, 11) is 1.47. The predicted octanol–water partition coefficient (Wildman–Crippen LogP) is 6.95. The van der Waals surface area contributed by atoms with E-state index in [4.69, 9.17) is 4.74 Å². The van der Waals surface area contributed by atoms with E-state index in [1.54, 1.807) is 37.3 Å². The predicted molar refractivity (Wildman–Crippen MR) is 139 cm³/mol. The Morgan fingerprint density at radius 3 is 2.13 bits per heavy atom. The third-order valence-corrected chi connectivity index (χ3v) is 6.69. The summed E-state index contributed by atoms with van der Waals surface area (Å²) in [4.78, 5) is 27.9. The van der Waals surface area contributed by atoms with E-state index < -0.39 is 29.5 Å². The molecule has 5 nitrogen and oxygen atoms in total. The van der Waals surface area contributed by atoms with Gasteiger partial charge in [-0.3, -0.25) is 14.5 Å². The molecule has 3 aromatic rings. The van der Waals surface area contributed by atoms with Crippen LogP contribution in [-0.2, 0) is 21.2 Å². The zero-order valence-electron chi connectivity index (χ0n) is 21.7. The number of carbonyl (C=O) groups excluding carboxylic acids is 2. The van der Waals surface area contributed by atoms with Gasteiger partial charge in [-0.15, -0.1) is 0 Å². The number of hydrogen-bond acceptors (Lipinski definition) is 4. The molecule has 4 rings (SSSR count). The Morgan fingerprint density at radius 1 is 0.921 bits per heavy atom. The first-order valence-electron chi connectivity index (χ1n) is 12.0. The number of carbonyl (C=O) groups is 2.